The summed E-state index contributed by atoms with van der Waals surface area (Å²) in [5.74, 6) is 6.65. The largest absolute Gasteiger partial charge is 0.298 e. The van der Waals surface area contributed by atoms with E-state index in [9.17, 15) is 4.79 Å². The van der Waals surface area contributed by atoms with Crippen molar-refractivity contribution >= 4 is 6.29 Å². The molecule has 1 nitrogen and oxygen atoms in total. The van der Waals surface area contributed by atoms with Crippen molar-refractivity contribution < 1.29 is 4.79 Å². The van der Waals surface area contributed by atoms with Crippen molar-refractivity contribution in [2.24, 2.45) is 0 Å². The molecule has 0 spiro atoms. The Hall–Kier alpha value is -3.07. The molecule has 0 N–H and O–H groups in total. The molecule has 0 amide bonds. The smallest absolute Gasteiger partial charge is 0.150 e. The molecule has 0 unspecified atom stereocenters. The van der Waals surface area contributed by atoms with Gasteiger partial charge in [-0.3, -0.25) is 4.79 Å². The third kappa shape index (κ3) is 5.04. The fraction of sp³-hybridized carbons (Fsp3) is 0.394. The SMILES string of the molecule is CCCCCCC1(CCCCCC)c2cc(C#CC3=C=CC=C3)ccc2-c2ccc(C=O)cc21. The number of rotatable bonds is 11. The van der Waals surface area contributed by atoms with Crippen molar-refractivity contribution in [1.29, 1.82) is 0 Å². The lowest BCUT2D eigenvalue weighted by Gasteiger charge is -2.33. The Morgan fingerprint density at radius 3 is 2.12 bits per heavy atom. The molecular formula is C33H36O. The molecule has 0 aromatic heterocycles. The maximum absolute atomic E-state index is 11.7. The highest BCUT2D eigenvalue weighted by atomic mass is 16.1. The number of carbonyl (C=O) groups excluding carboxylic acids is 1. The van der Waals surface area contributed by atoms with Crippen LogP contribution in [0.25, 0.3) is 11.1 Å². The second-order valence-electron chi connectivity index (χ2n) is 9.72. The van der Waals surface area contributed by atoms with Crippen molar-refractivity contribution in [1.82, 2.24) is 0 Å². The van der Waals surface area contributed by atoms with Crippen molar-refractivity contribution in [3.05, 3.63) is 88.2 Å². The van der Waals surface area contributed by atoms with E-state index < -0.39 is 0 Å². The standard InChI is InChI=1S/C33H36O/c1-3-5-7-11-21-33(22-12-8-6-4-2)31-23-27(16-15-26-13-9-10-14-26)17-19-29(31)30-20-18-28(25-34)24-32(30)33/h9-10,13,17-20,23-25H,3-8,11-12,21-22H2,1-2H3. The number of carbonyl (C=O) groups is 1. The van der Waals surface area contributed by atoms with E-state index in [2.05, 4.69) is 61.8 Å². The van der Waals surface area contributed by atoms with Gasteiger partial charge in [0.1, 0.15) is 6.29 Å². The van der Waals surface area contributed by atoms with Gasteiger partial charge in [0.15, 0.2) is 0 Å². The van der Waals surface area contributed by atoms with Crippen molar-refractivity contribution in [3.63, 3.8) is 0 Å². The Morgan fingerprint density at radius 1 is 0.824 bits per heavy atom. The van der Waals surface area contributed by atoms with Gasteiger partial charge >= 0.3 is 0 Å². The molecule has 2 aromatic rings. The first-order valence-electron chi connectivity index (χ1n) is 13.1. The third-order valence-corrected chi connectivity index (χ3v) is 7.37. The van der Waals surface area contributed by atoms with Gasteiger partial charge in [0, 0.05) is 16.5 Å². The summed E-state index contributed by atoms with van der Waals surface area (Å²) in [6.07, 6.45) is 19.1. The van der Waals surface area contributed by atoms with Crippen LogP contribution in [0.15, 0.2) is 65.9 Å². The molecule has 0 heterocycles. The summed E-state index contributed by atoms with van der Waals surface area (Å²) in [5.41, 5.74) is 11.3. The number of benzene rings is 2. The van der Waals surface area contributed by atoms with Gasteiger partial charge in [-0.1, -0.05) is 101 Å². The number of aldehydes is 1. The van der Waals surface area contributed by atoms with E-state index in [-0.39, 0.29) is 5.41 Å². The Morgan fingerprint density at radius 2 is 1.50 bits per heavy atom. The Kier molecular flexibility index (Phi) is 8.05. The van der Waals surface area contributed by atoms with Crippen LogP contribution in [0.4, 0.5) is 0 Å². The zero-order chi connectivity index (χ0) is 23.8. The lowest BCUT2D eigenvalue weighted by atomic mass is 9.70. The molecule has 0 fully saturated rings. The number of allylic oxidation sites excluding steroid dienone is 3. The number of hydrogen-bond donors (Lipinski definition) is 0. The zero-order valence-corrected chi connectivity index (χ0v) is 20.8. The molecule has 0 atom stereocenters. The maximum atomic E-state index is 11.7. The number of hydrogen-bond acceptors (Lipinski definition) is 1. The lowest BCUT2D eigenvalue weighted by molar-refractivity contribution is 0.112. The first-order chi connectivity index (χ1) is 16.7. The molecule has 174 valence electrons. The van der Waals surface area contributed by atoms with Gasteiger partial charge in [-0.05, 0) is 65.4 Å². The average Bonchev–Trinajstić information content (AvgIpc) is 3.48. The third-order valence-electron chi connectivity index (χ3n) is 7.37. The van der Waals surface area contributed by atoms with Crippen LogP contribution >= 0.6 is 0 Å². The van der Waals surface area contributed by atoms with E-state index in [4.69, 9.17) is 0 Å². The van der Waals surface area contributed by atoms with Gasteiger partial charge in [0.05, 0.1) is 5.57 Å². The highest BCUT2D eigenvalue weighted by molar-refractivity contribution is 5.85. The average molecular weight is 449 g/mol. The van der Waals surface area contributed by atoms with Crippen LogP contribution in [0, 0.1) is 11.8 Å². The van der Waals surface area contributed by atoms with Crippen molar-refractivity contribution in [3.8, 4) is 23.0 Å². The summed E-state index contributed by atoms with van der Waals surface area (Å²) in [5, 5.41) is 0. The molecule has 0 bridgehead atoms. The highest BCUT2D eigenvalue weighted by Gasteiger charge is 2.42. The summed E-state index contributed by atoms with van der Waals surface area (Å²) < 4.78 is 0. The van der Waals surface area contributed by atoms with Crippen LogP contribution in [-0.4, -0.2) is 6.29 Å². The summed E-state index contributed by atoms with van der Waals surface area (Å²) in [4.78, 5) is 11.7. The van der Waals surface area contributed by atoms with Gasteiger partial charge in [-0.15, -0.1) is 5.73 Å². The van der Waals surface area contributed by atoms with E-state index in [1.54, 1.807) is 0 Å². The Balaban J connectivity index is 1.79. The molecule has 4 rings (SSSR count). The Labute approximate surface area is 205 Å². The van der Waals surface area contributed by atoms with Gasteiger partial charge in [0.2, 0.25) is 0 Å². The minimum absolute atomic E-state index is 0.0324. The first-order valence-corrected chi connectivity index (χ1v) is 13.1. The van der Waals surface area contributed by atoms with Crippen LogP contribution in [0.2, 0.25) is 0 Å². The van der Waals surface area contributed by atoms with Crippen molar-refractivity contribution in [2.45, 2.75) is 83.5 Å². The molecule has 2 aliphatic carbocycles. The van der Waals surface area contributed by atoms with Crippen molar-refractivity contribution in [2.75, 3.05) is 0 Å². The minimum atomic E-state index is -0.0324. The number of unbranched alkanes of at least 4 members (excludes halogenated alkanes) is 6. The number of fused-ring (bicyclic) bond motifs is 3. The normalized spacial score (nSPS) is 14.4. The van der Waals surface area contributed by atoms with E-state index >= 15 is 0 Å². The van der Waals surface area contributed by atoms with Crippen LogP contribution in [-0.2, 0) is 5.41 Å². The molecule has 0 aliphatic heterocycles. The second kappa shape index (κ2) is 11.4. The fourth-order valence-corrected chi connectivity index (χ4v) is 5.58. The monoisotopic (exact) mass is 448 g/mol. The fourth-order valence-electron chi connectivity index (χ4n) is 5.58. The highest BCUT2D eigenvalue weighted by Crippen LogP contribution is 2.54. The van der Waals surface area contributed by atoms with Crippen LogP contribution in [0.5, 0.6) is 0 Å². The molecular weight excluding hydrogens is 412 g/mol. The van der Waals surface area contributed by atoms with E-state index in [0.717, 1.165) is 35.8 Å². The van der Waals surface area contributed by atoms with Crippen LogP contribution in [0.1, 0.15) is 105 Å². The van der Waals surface area contributed by atoms with Gasteiger partial charge in [-0.25, -0.2) is 0 Å². The topological polar surface area (TPSA) is 17.1 Å². The maximum Gasteiger partial charge on any atom is 0.150 e. The second-order valence-corrected chi connectivity index (χ2v) is 9.72. The summed E-state index contributed by atoms with van der Waals surface area (Å²) in [6, 6.07) is 13.1. The van der Waals surface area contributed by atoms with Gasteiger partial charge in [-0.2, -0.15) is 0 Å². The molecule has 2 aromatic carbocycles. The first kappa shape index (κ1) is 24.1. The molecule has 2 aliphatic rings. The predicted molar refractivity (Wildman–Crippen MR) is 143 cm³/mol. The molecule has 1 heteroatoms. The molecule has 34 heavy (non-hydrogen) atoms. The van der Waals surface area contributed by atoms with Crippen LogP contribution in [0.3, 0.4) is 0 Å². The quantitative estimate of drug-likeness (QED) is 0.145. The molecule has 0 radical (unpaired) electrons. The van der Waals surface area contributed by atoms with Crippen LogP contribution < -0.4 is 0 Å². The summed E-state index contributed by atoms with van der Waals surface area (Å²) in [7, 11) is 0. The van der Waals surface area contributed by atoms with E-state index in [1.807, 2.05) is 24.3 Å². The summed E-state index contributed by atoms with van der Waals surface area (Å²) in [6.45, 7) is 4.54. The summed E-state index contributed by atoms with van der Waals surface area (Å²) >= 11 is 0. The molecule has 0 saturated carbocycles. The van der Waals surface area contributed by atoms with Gasteiger partial charge < -0.3 is 0 Å². The zero-order valence-electron chi connectivity index (χ0n) is 20.8. The minimum Gasteiger partial charge on any atom is -0.298 e. The predicted octanol–water partition coefficient (Wildman–Crippen LogP) is 8.71. The van der Waals surface area contributed by atoms with Gasteiger partial charge in [0.25, 0.3) is 0 Å². The van der Waals surface area contributed by atoms with E-state index in [1.165, 1.54) is 73.6 Å². The molecule has 0 saturated heterocycles. The lowest BCUT2D eigenvalue weighted by Crippen LogP contribution is -2.26. The van der Waals surface area contributed by atoms with E-state index in [0.29, 0.717) is 0 Å². The Bertz CT molecular complexity index is 1180.